The fraction of sp³-hybridized carbons (Fsp3) is 0.750. The van der Waals surface area contributed by atoms with Crippen LogP contribution in [0.2, 0.25) is 0 Å². The van der Waals surface area contributed by atoms with Gasteiger partial charge in [0.2, 0.25) is 0 Å². The van der Waals surface area contributed by atoms with E-state index in [9.17, 15) is 5.11 Å². The van der Waals surface area contributed by atoms with Gasteiger partial charge in [-0.25, -0.2) is 9.97 Å². The third-order valence-electron chi connectivity index (χ3n) is 4.29. The Balaban J connectivity index is 2.26. The van der Waals surface area contributed by atoms with Gasteiger partial charge < -0.3 is 15.7 Å². The molecule has 5 nitrogen and oxygen atoms in total. The molecule has 0 aliphatic heterocycles. The summed E-state index contributed by atoms with van der Waals surface area (Å²) in [5.41, 5.74) is 0.929. The molecule has 1 aliphatic rings. The SMILES string of the molecule is CCCc1c(NCC)ncnc1NC1(CO)CCCCC1. The first-order valence-corrected chi connectivity index (χ1v) is 8.21. The Morgan fingerprint density at radius 1 is 1.14 bits per heavy atom. The Bertz CT molecular complexity index is 444. The number of nitrogens with zero attached hydrogens (tertiary/aromatic N) is 2. The molecule has 118 valence electrons. The lowest BCUT2D eigenvalue weighted by Crippen LogP contribution is -2.44. The molecular weight excluding hydrogens is 264 g/mol. The molecule has 2 rings (SSSR count). The van der Waals surface area contributed by atoms with Crippen LogP contribution in [-0.4, -0.2) is 33.8 Å². The topological polar surface area (TPSA) is 70.1 Å². The molecule has 1 aromatic rings. The maximum absolute atomic E-state index is 9.87. The van der Waals surface area contributed by atoms with Crippen molar-refractivity contribution < 1.29 is 5.11 Å². The standard InChI is InChI=1S/C16H28N4O/c1-3-8-13-14(17-4-2)18-12-19-15(13)20-16(11-21)9-6-5-7-10-16/h12,21H,3-11H2,1-2H3,(H2,17,18,19,20). The summed E-state index contributed by atoms with van der Waals surface area (Å²) in [6, 6.07) is 0. The fourth-order valence-electron chi connectivity index (χ4n) is 3.13. The van der Waals surface area contributed by atoms with E-state index in [1.165, 1.54) is 19.3 Å². The Morgan fingerprint density at radius 3 is 2.48 bits per heavy atom. The lowest BCUT2D eigenvalue weighted by Gasteiger charge is -2.37. The van der Waals surface area contributed by atoms with Gasteiger partial charge in [0.1, 0.15) is 18.0 Å². The summed E-state index contributed by atoms with van der Waals surface area (Å²) < 4.78 is 0. The van der Waals surface area contributed by atoms with Crippen molar-refractivity contribution in [3.8, 4) is 0 Å². The molecule has 1 saturated carbocycles. The summed E-state index contributed by atoms with van der Waals surface area (Å²) in [6.45, 7) is 5.24. The summed E-state index contributed by atoms with van der Waals surface area (Å²) in [7, 11) is 0. The Hall–Kier alpha value is -1.36. The van der Waals surface area contributed by atoms with Gasteiger partial charge in [-0.15, -0.1) is 0 Å². The van der Waals surface area contributed by atoms with Crippen LogP contribution < -0.4 is 10.6 Å². The van der Waals surface area contributed by atoms with E-state index in [2.05, 4.69) is 34.4 Å². The molecule has 0 saturated heterocycles. The van der Waals surface area contributed by atoms with E-state index >= 15 is 0 Å². The van der Waals surface area contributed by atoms with E-state index < -0.39 is 0 Å². The third-order valence-corrected chi connectivity index (χ3v) is 4.29. The number of aliphatic hydroxyl groups is 1. The van der Waals surface area contributed by atoms with Gasteiger partial charge in [-0.1, -0.05) is 32.6 Å². The van der Waals surface area contributed by atoms with Crippen molar-refractivity contribution in [1.82, 2.24) is 9.97 Å². The molecule has 0 amide bonds. The lowest BCUT2D eigenvalue weighted by atomic mass is 9.82. The predicted molar refractivity (Wildman–Crippen MR) is 86.7 cm³/mol. The first-order valence-electron chi connectivity index (χ1n) is 8.21. The number of rotatable bonds is 7. The normalized spacial score (nSPS) is 17.5. The molecule has 0 aromatic carbocycles. The molecule has 1 aromatic heterocycles. The van der Waals surface area contributed by atoms with Crippen molar-refractivity contribution in [2.75, 3.05) is 23.8 Å². The van der Waals surface area contributed by atoms with E-state index in [1.807, 2.05) is 0 Å². The van der Waals surface area contributed by atoms with Gasteiger partial charge in [0.15, 0.2) is 0 Å². The van der Waals surface area contributed by atoms with E-state index in [1.54, 1.807) is 6.33 Å². The highest BCUT2D eigenvalue weighted by Crippen LogP contribution is 2.33. The van der Waals surface area contributed by atoms with Gasteiger partial charge in [0, 0.05) is 12.1 Å². The number of nitrogens with one attached hydrogen (secondary N) is 2. The third kappa shape index (κ3) is 3.84. The molecular formula is C16H28N4O. The van der Waals surface area contributed by atoms with Gasteiger partial charge in [-0.05, 0) is 26.2 Å². The van der Waals surface area contributed by atoms with E-state index in [0.29, 0.717) is 0 Å². The highest BCUT2D eigenvalue weighted by molar-refractivity contribution is 5.58. The minimum atomic E-state index is -0.210. The number of aromatic nitrogens is 2. The summed E-state index contributed by atoms with van der Waals surface area (Å²) >= 11 is 0. The Labute approximate surface area is 127 Å². The zero-order valence-electron chi connectivity index (χ0n) is 13.3. The minimum absolute atomic E-state index is 0.166. The zero-order chi connectivity index (χ0) is 15.1. The highest BCUT2D eigenvalue weighted by Gasteiger charge is 2.32. The summed E-state index contributed by atoms with van der Waals surface area (Å²) in [5, 5.41) is 16.7. The van der Waals surface area contributed by atoms with Crippen LogP contribution in [0.3, 0.4) is 0 Å². The fourth-order valence-corrected chi connectivity index (χ4v) is 3.13. The van der Waals surface area contributed by atoms with Gasteiger partial charge in [-0.3, -0.25) is 0 Å². The lowest BCUT2D eigenvalue weighted by molar-refractivity contribution is 0.172. The maximum Gasteiger partial charge on any atom is 0.135 e. The Morgan fingerprint density at radius 2 is 1.86 bits per heavy atom. The van der Waals surface area contributed by atoms with Crippen molar-refractivity contribution in [2.45, 2.75) is 64.3 Å². The van der Waals surface area contributed by atoms with Crippen molar-refractivity contribution in [3.63, 3.8) is 0 Å². The summed E-state index contributed by atoms with van der Waals surface area (Å²) in [4.78, 5) is 8.82. The van der Waals surface area contributed by atoms with Crippen LogP contribution in [0.1, 0.15) is 57.9 Å². The average Bonchev–Trinajstić information content (AvgIpc) is 2.52. The molecule has 0 spiro atoms. The van der Waals surface area contributed by atoms with Crippen molar-refractivity contribution in [3.05, 3.63) is 11.9 Å². The van der Waals surface area contributed by atoms with Crippen LogP contribution in [0.25, 0.3) is 0 Å². The Kier molecular flexibility index (Phi) is 5.79. The quantitative estimate of drug-likeness (QED) is 0.721. The molecule has 5 heteroatoms. The maximum atomic E-state index is 9.87. The number of hydrogen-bond donors (Lipinski definition) is 3. The molecule has 0 unspecified atom stereocenters. The van der Waals surface area contributed by atoms with Crippen molar-refractivity contribution in [2.24, 2.45) is 0 Å². The summed E-state index contributed by atoms with van der Waals surface area (Å²) in [5.74, 6) is 1.81. The monoisotopic (exact) mass is 292 g/mol. The molecule has 0 atom stereocenters. The van der Waals surface area contributed by atoms with Gasteiger partial charge in [0.25, 0.3) is 0 Å². The predicted octanol–water partition coefficient (Wildman–Crippen LogP) is 2.97. The number of anilines is 2. The first-order chi connectivity index (χ1) is 10.2. The van der Waals surface area contributed by atoms with Crippen LogP contribution in [0.15, 0.2) is 6.33 Å². The molecule has 1 heterocycles. The van der Waals surface area contributed by atoms with E-state index in [4.69, 9.17) is 0 Å². The molecule has 0 radical (unpaired) electrons. The molecule has 1 fully saturated rings. The van der Waals surface area contributed by atoms with E-state index in [0.717, 1.165) is 49.4 Å². The molecule has 0 bridgehead atoms. The smallest absolute Gasteiger partial charge is 0.135 e. The van der Waals surface area contributed by atoms with Crippen LogP contribution >= 0.6 is 0 Å². The van der Waals surface area contributed by atoms with Crippen molar-refractivity contribution >= 4 is 11.6 Å². The minimum Gasteiger partial charge on any atom is -0.394 e. The van der Waals surface area contributed by atoms with Gasteiger partial charge >= 0.3 is 0 Å². The van der Waals surface area contributed by atoms with Crippen LogP contribution in [0, 0.1) is 0 Å². The molecule has 1 aliphatic carbocycles. The second-order valence-electron chi connectivity index (χ2n) is 5.95. The second-order valence-corrected chi connectivity index (χ2v) is 5.95. The average molecular weight is 292 g/mol. The highest BCUT2D eigenvalue weighted by atomic mass is 16.3. The van der Waals surface area contributed by atoms with Gasteiger partial charge in [-0.2, -0.15) is 0 Å². The number of aliphatic hydroxyl groups excluding tert-OH is 1. The van der Waals surface area contributed by atoms with Crippen LogP contribution in [-0.2, 0) is 6.42 Å². The van der Waals surface area contributed by atoms with Crippen LogP contribution in [0.5, 0.6) is 0 Å². The second kappa shape index (κ2) is 7.59. The zero-order valence-corrected chi connectivity index (χ0v) is 13.3. The molecule has 21 heavy (non-hydrogen) atoms. The van der Waals surface area contributed by atoms with Crippen molar-refractivity contribution in [1.29, 1.82) is 0 Å². The van der Waals surface area contributed by atoms with Crippen LogP contribution in [0.4, 0.5) is 11.6 Å². The summed E-state index contributed by atoms with van der Waals surface area (Å²) in [6.07, 6.45) is 9.21. The van der Waals surface area contributed by atoms with Gasteiger partial charge in [0.05, 0.1) is 12.1 Å². The largest absolute Gasteiger partial charge is 0.394 e. The molecule has 3 N–H and O–H groups in total. The first kappa shape index (κ1) is 16.0. The van der Waals surface area contributed by atoms with E-state index in [-0.39, 0.29) is 12.1 Å². The number of hydrogen-bond acceptors (Lipinski definition) is 5.